The predicted octanol–water partition coefficient (Wildman–Crippen LogP) is 3.11. The normalized spacial score (nSPS) is 16.2. The fourth-order valence-corrected chi connectivity index (χ4v) is 3.82. The number of amides is 1. The number of pyridine rings is 1. The lowest BCUT2D eigenvalue weighted by molar-refractivity contribution is 0.0935. The molecule has 4 aromatic rings. The molecule has 1 fully saturated rings. The van der Waals surface area contributed by atoms with Crippen molar-refractivity contribution >= 4 is 17.4 Å². The average Bonchev–Trinajstić information content (AvgIpc) is 3.41. The molecule has 0 spiro atoms. The van der Waals surface area contributed by atoms with Gasteiger partial charge in [-0.1, -0.05) is 36.4 Å². The lowest BCUT2D eigenvalue weighted by Gasteiger charge is -2.18. The van der Waals surface area contributed by atoms with Crippen LogP contribution in [0.3, 0.4) is 0 Å². The van der Waals surface area contributed by atoms with Crippen molar-refractivity contribution < 1.29 is 4.79 Å². The summed E-state index contributed by atoms with van der Waals surface area (Å²) < 4.78 is 1.85. The van der Waals surface area contributed by atoms with Gasteiger partial charge in [0.05, 0.1) is 11.9 Å². The second-order valence-electron chi connectivity index (χ2n) is 7.56. The van der Waals surface area contributed by atoms with Gasteiger partial charge in [0.15, 0.2) is 5.65 Å². The number of anilines is 1. The van der Waals surface area contributed by atoms with Gasteiger partial charge in [-0.05, 0) is 37.1 Å². The molecule has 0 aliphatic carbocycles. The third-order valence-electron chi connectivity index (χ3n) is 5.47. The number of imidazole rings is 1. The smallest absolute Gasteiger partial charge is 0.270 e. The predicted molar refractivity (Wildman–Crippen MR) is 115 cm³/mol. The Balaban J connectivity index is 1.24. The quantitative estimate of drug-likeness (QED) is 0.572. The van der Waals surface area contributed by atoms with E-state index < -0.39 is 0 Å². The van der Waals surface area contributed by atoms with Crippen LogP contribution in [0.1, 0.15) is 22.6 Å². The molecule has 0 bridgehead atoms. The first kappa shape index (κ1) is 18.3. The first-order valence-electron chi connectivity index (χ1n) is 10.1. The summed E-state index contributed by atoms with van der Waals surface area (Å²) in [6.07, 6.45) is 4.43. The van der Waals surface area contributed by atoms with Crippen LogP contribution in [0.4, 0.5) is 5.82 Å². The fraction of sp³-hybridized carbons (Fsp3) is 0.217. The van der Waals surface area contributed by atoms with Crippen molar-refractivity contribution in [1.82, 2.24) is 24.9 Å². The van der Waals surface area contributed by atoms with E-state index in [1.54, 1.807) is 12.3 Å². The minimum Gasteiger partial charge on any atom is -0.353 e. The number of carbonyl (C=O) groups excluding carboxylic acids is 1. The van der Waals surface area contributed by atoms with E-state index >= 15 is 0 Å². The largest absolute Gasteiger partial charge is 0.353 e. The van der Waals surface area contributed by atoms with Crippen LogP contribution < -0.4 is 10.2 Å². The number of hydrogen-bond donors (Lipinski definition) is 1. The summed E-state index contributed by atoms with van der Waals surface area (Å²) in [4.78, 5) is 23.5. The van der Waals surface area contributed by atoms with Crippen molar-refractivity contribution in [1.29, 1.82) is 0 Å². The highest BCUT2D eigenvalue weighted by atomic mass is 16.1. The number of nitrogens with one attached hydrogen (secondary N) is 1. The number of carbonyl (C=O) groups is 1. The Kier molecular flexibility index (Phi) is 4.63. The van der Waals surface area contributed by atoms with Crippen molar-refractivity contribution in [2.24, 2.45) is 0 Å². The Morgan fingerprint density at radius 1 is 1.00 bits per heavy atom. The van der Waals surface area contributed by atoms with Crippen LogP contribution in [0.2, 0.25) is 0 Å². The zero-order chi connectivity index (χ0) is 20.5. The van der Waals surface area contributed by atoms with E-state index in [9.17, 15) is 4.79 Å². The van der Waals surface area contributed by atoms with Gasteiger partial charge in [0, 0.05) is 30.9 Å². The number of benzene rings is 1. The zero-order valence-corrected chi connectivity index (χ0v) is 16.7. The lowest BCUT2D eigenvalue weighted by Crippen LogP contribution is -2.37. The molecule has 1 aromatic carbocycles. The third-order valence-corrected chi connectivity index (χ3v) is 5.47. The first-order chi connectivity index (χ1) is 14.7. The van der Waals surface area contributed by atoms with Gasteiger partial charge in [0.2, 0.25) is 0 Å². The van der Waals surface area contributed by atoms with E-state index in [0.717, 1.165) is 47.8 Å². The van der Waals surface area contributed by atoms with Gasteiger partial charge in [-0.15, -0.1) is 5.10 Å². The molecule has 1 amide bonds. The highest BCUT2D eigenvalue weighted by Gasteiger charge is 2.26. The molecule has 30 heavy (non-hydrogen) atoms. The van der Waals surface area contributed by atoms with E-state index in [1.807, 2.05) is 66.2 Å². The van der Waals surface area contributed by atoms with E-state index in [2.05, 4.69) is 25.3 Å². The van der Waals surface area contributed by atoms with Gasteiger partial charge in [0.1, 0.15) is 11.5 Å². The summed E-state index contributed by atoms with van der Waals surface area (Å²) >= 11 is 0. The van der Waals surface area contributed by atoms with E-state index in [1.165, 1.54) is 0 Å². The van der Waals surface area contributed by atoms with Crippen LogP contribution in [-0.4, -0.2) is 44.6 Å². The van der Waals surface area contributed by atoms with Crippen molar-refractivity contribution in [3.05, 3.63) is 78.4 Å². The van der Waals surface area contributed by atoms with Gasteiger partial charge < -0.3 is 10.2 Å². The minimum absolute atomic E-state index is 0.0643. The third kappa shape index (κ3) is 3.50. The van der Waals surface area contributed by atoms with Gasteiger partial charge in [-0.25, -0.2) is 9.50 Å². The molecule has 150 valence electrons. The van der Waals surface area contributed by atoms with Crippen molar-refractivity contribution in [3.8, 4) is 11.1 Å². The highest BCUT2D eigenvalue weighted by molar-refractivity contribution is 5.92. The van der Waals surface area contributed by atoms with Crippen molar-refractivity contribution in [3.63, 3.8) is 0 Å². The summed E-state index contributed by atoms with van der Waals surface area (Å²) in [6, 6.07) is 17.7. The molecule has 0 unspecified atom stereocenters. The molecule has 1 atom stereocenters. The molecule has 1 N–H and O–H groups in total. The maximum atomic E-state index is 12.7. The molecular weight excluding hydrogens is 376 g/mol. The topological polar surface area (TPSA) is 75.4 Å². The molecule has 1 aliphatic rings. The first-order valence-corrected chi connectivity index (χ1v) is 10.1. The molecule has 1 saturated heterocycles. The summed E-state index contributed by atoms with van der Waals surface area (Å²) in [5.41, 5.74) is 4.35. The summed E-state index contributed by atoms with van der Waals surface area (Å²) in [5.74, 6) is 0.751. The number of hydrogen-bond acceptors (Lipinski definition) is 5. The number of aryl methyl sites for hydroxylation is 1. The second-order valence-corrected chi connectivity index (χ2v) is 7.56. The SMILES string of the molecule is Cc1cnc2ccc(N3CC[C@H](NC(=O)c4ccc(-c5ccccc5)cn4)C3)nn12. The molecule has 0 saturated carbocycles. The molecule has 3 aromatic heterocycles. The summed E-state index contributed by atoms with van der Waals surface area (Å²) in [6.45, 7) is 3.55. The molecule has 7 nitrogen and oxygen atoms in total. The monoisotopic (exact) mass is 398 g/mol. The Labute approximate surface area is 174 Å². The number of aromatic nitrogens is 4. The summed E-state index contributed by atoms with van der Waals surface area (Å²) in [7, 11) is 0. The number of fused-ring (bicyclic) bond motifs is 1. The van der Waals surface area contributed by atoms with Crippen LogP contribution in [-0.2, 0) is 0 Å². The Morgan fingerprint density at radius 2 is 1.87 bits per heavy atom. The maximum absolute atomic E-state index is 12.7. The minimum atomic E-state index is -0.143. The second kappa shape index (κ2) is 7.59. The fourth-order valence-electron chi connectivity index (χ4n) is 3.82. The zero-order valence-electron chi connectivity index (χ0n) is 16.7. The molecule has 4 heterocycles. The van der Waals surface area contributed by atoms with Crippen LogP contribution >= 0.6 is 0 Å². The van der Waals surface area contributed by atoms with Crippen molar-refractivity contribution in [2.75, 3.05) is 18.0 Å². The Morgan fingerprint density at radius 3 is 2.67 bits per heavy atom. The van der Waals surface area contributed by atoms with E-state index in [-0.39, 0.29) is 11.9 Å². The highest BCUT2D eigenvalue weighted by Crippen LogP contribution is 2.20. The molecule has 5 rings (SSSR count). The van der Waals surface area contributed by atoms with E-state index in [4.69, 9.17) is 0 Å². The standard InChI is InChI=1S/C23H22N6O/c1-16-13-25-21-9-10-22(27-29(16)21)28-12-11-19(15-28)26-23(30)20-8-7-18(14-24-20)17-5-3-2-4-6-17/h2-10,13-14,19H,11-12,15H2,1H3,(H,26,30)/t19-/m0/s1. The Bertz CT molecular complexity index is 1190. The molecular formula is C23H22N6O. The van der Waals surface area contributed by atoms with Gasteiger partial charge in [-0.3, -0.25) is 9.78 Å². The lowest BCUT2D eigenvalue weighted by atomic mass is 10.1. The molecule has 7 heteroatoms. The number of rotatable bonds is 4. The van der Waals surface area contributed by atoms with Crippen LogP contribution in [0, 0.1) is 6.92 Å². The molecule has 0 radical (unpaired) electrons. The van der Waals surface area contributed by atoms with Crippen LogP contribution in [0.5, 0.6) is 0 Å². The average molecular weight is 398 g/mol. The van der Waals surface area contributed by atoms with Crippen LogP contribution in [0.25, 0.3) is 16.8 Å². The van der Waals surface area contributed by atoms with E-state index in [0.29, 0.717) is 5.69 Å². The van der Waals surface area contributed by atoms with Gasteiger partial charge in [0.25, 0.3) is 5.91 Å². The maximum Gasteiger partial charge on any atom is 0.270 e. The molecule has 1 aliphatic heterocycles. The van der Waals surface area contributed by atoms with Crippen LogP contribution in [0.15, 0.2) is 67.0 Å². The number of nitrogens with zero attached hydrogens (tertiary/aromatic N) is 5. The van der Waals surface area contributed by atoms with Gasteiger partial charge >= 0.3 is 0 Å². The van der Waals surface area contributed by atoms with Crippen molar-refractivity contribution in [2.45, 2.75) is 19.4 Å². The van der Waals surface area contributed by atoms with Gasteiger partial charge in [-0.2, -0.15) is 0 Å². The Hall–Kier alpha value is -3.74. The summed E-state index contributed by atoms with van der Waals surface area (Å²) in [5, 5.41) is 7.79.